The van der Waals surface area contributed by atoms with Crippen LogP contribution in [0, 0.1) is 10.8 Å². The minimum atomic E-state index is -0.727. The van der Waals surface area contributed by atoms with E-state index in [0.717, 1.165) is 12.8 Å². The van der Waals surface area contributed by atoms with Gasteiger partial charge in [0.15, 0.2) is 0 Å². The lowest BCUT2D eigenvalue weighted by Crippen LogP contribution is -2.51. The maximum atomic E-state index is 11.7. The van der Waals surface area contributed by atoms with E-state index in [-0.39, 0.29) is 11.2 Å². The molecule has 96 valence electrons. The van der Waals surface area contributed by atoms with Crippen molar-refractivity contribution < 1.29 is 19.4 Å². The van der Waals surface area contributed by atoms with Crippen LogP contribution in [0.5, 0.6) is 0 Å². The Morgan fingerprint density at radius 2 is 1.71 bits per heavy atom. The molecule has 0 aromatic rings. The highest BCUT2D eigenvalue weighted by molar-refractivity contribution is 5.84. The third-order valence-electron chi connectivity index (χ3n) is 4.82. The molecule has 0 atom stereocenters. The Balaban J connectivity index is 2.27. The van der Waals surface area contributed by atoms with Crippen LogP contribution in [0.1, 0.15) is 45.4 Å². The number of carbonyl (C=O) groups is 2. The second-order valence-electron chi connectivity index (χ2n) is 5.60. The summed E-state index contributed by atoms with van der Waals surface area (Å²) in [4.78, 5) is 23.1. The van der Waals surface area contributed by atoms with Crippen LogP contribution >= 0.6 is 0 Å². The smallest absolute Gasteiger partial charge is 0.310 e. The number of carboxylic acids is 1. The Morgan fingerprint density at radius 3 is 2.18 bits per heavy atom. The molecule has 0 amide bonds. The molecule has 2 rings (SSSR count). The summed E-state index contributed by atoms with van der Waals surface area (Å²) < 4.78 is 5.34. The van der Waals surface area contributed by atoms with E-state index in [4.69, 9.17) is 4.74 Å². The molecule has 0 aromatic carbocycles. The quantitative estimate of drug-likeness (QED) is 0.802. The van der Waals surface area contributed by atoms with Crippen LogP contribution in [-0.2, 0) is 14.3 Å². The molecule has 2 fully saturated rings. The Labute approximate surface area is 101 Å². The summed E-state index contributed by atoms with van der Waals surface area (Å²) in [5.74, 6) is -0.521. The first-order valence-electron chi connectivity index (χ1n) is 6.33. The van der Waals surface area contributed by atoms with Crippen molar-refractivity contribution >= 4 is 11.8 Å². The largest absolute Gasteiger partial charge is 0.481 e. The zero-order valence-corrected chi connectivity index (χ0v) is 10.3. The summed E-state index contributed by atoms with van der Waals surface area (Å²) in [6.45, 7) is 3.33. The molecule has 1 N–H and O–H groups in total. The normalized spacial score (nSPS) is 27.7. The van der Waals surface area contributed by atoms with E-state index >= 15 is 0 Å². The number of carbonyl (C=O) groups excluding carboxylic acids is 1. The van der Waals surface area contributed by atoms with Gasteiger partial charge in [0.05, 0.1) is 5.41 Å². The molecule has 0 aromatic heterocycles. The molecule has 0 bridgehead atoms. The number of aliphatic carboxylic acids is 1. The molecule has 0 spiro atoms. The third kappa shape index (κ3) is 1.99. The number of Topliss-reactive ketones (excluding diaryl/α,β-unsaturated/α-hetero) is 1. The van der Waals surface area contributed by atoms with Gasteiger partial charge in [0.2, 0.25) is 0 Å². The zero-order valence-electron chi connectivity index (χ0n) is 10.3. The Bertz CT molecular complexity index is 318. The van der Waals surface area contributed by atoms with Gasteiger partial charge in [-0.15, -0.1) is 0 Å². The molecule has 1 saturated carbocycles. The standard InChI is InChI=1S/C13H20O4/c1-12(6-8-17-9-7-12)13(11(15)16)4-2-10(14)3-5-13/h2-9H2,1H3,(H,15,16). The van der Waals surface area contributed by atoms with E-state index in [9.17, 15) is 14.7 Å². The summed E-state index contributed by atoms with van der Waals surface area (Å²) in [7, 11) is 0. The van der Waals surface area contributed by atoms with E-state index in [0.29, 0.717) is 38.9 Å². The first-order valence-corrected chi connectivity index (χ1v) is 6.33. The van der Waals surface area contributed by atoms with Gasteiger partial charge in [-0.05, 0) is 31.1 Å². The monoisotopic (exact) mass is 240 g/mol. The summed E-state index contributed by atoms with van der Waals surface area (Å²) in [5.41, 5.74) is -0.942. The van der Waals surface area contributed by atoms with Gasteiger partial charge in [-0.3, -0.25) is 9.59 Å². The maximum Gasteiger partial charge on any atom is 0.310 e. The van der Waals surface area contributed by atoms with Gasteiger partial charge in [-0.2, -0.15) is 0 Å². The lowest BCUT2D eigenvalue weighted by atomic mass is 9.55. The topological polar surface area (TPSA) is 63.6 Å². The fraction of sp³-hybridized carbons (Fsp3) is 0.846. The second-order valence-corrected chi connectivity index (χ2v) is 5.60. The lowest BCUT2D eigenvalue weighted by Gasteiger charge is -2.49. The third-order valence-corrected chi connectivity index (χ3v) is 4.82. The molecule has 17 heavy (non-hydrogen) atoms. The SMILES string of the molecule is CC1(C2(C(=O)O)CCC(=O)CC2)CCOCC1. The highest BCUT2D eigenvalue weighted by atomic mass is 16.5. The van der Waals surface area contributed by atoms with E-state index < -0.39 is 11.4 Å². The molecular formula is C13H20O4. The van der Waals surface area contributed by atoms with Crippen molar-refractivity contribution in [3.8, 4) is 0 Å². The van der Waals surface area contributed by atoms with Crippen LogP contribution in [0.25, 0.3) is 0 Å². The van der Waals surface area contributed by atoms with Crippen molar-refractivity contribution in [2.24, 2.45) is 10.8 Å². The molecule has 1 aliphatic heterocycles. The van der Waals surface area contributed by atoms with E-state index in [2.05, 4.69) is 6.92 Å². The molecule has 4 heteroatoms. The fourth-order valence-electron chi connectivity index (χ4n) is 3.33. The first-order chi connectivity index (χ1) is 8.00. The molecule has 1 aliphatic carbocycles. The highest BCUT2D eigenvalue weighted by Crippen LogP contribution is 2.54. The van der Waals surface area contributed by atoms with Crippen molar-refractivity contribution in [2.45, 2.75) is 45.4 Å². The Hall–Kier alpha value is -0.900. The molecular weight excluding hydrogens is 220 g/mol. The minimum Gasteiger partial charge on any atom is -0.481 e. The number of hydrogen-bond donors (Lipinski definition) is 1. The molecule has 0 unspecified atom stereocenters. The van der Waals surface area contributed by atoms with Gasteiger partial charge in [0.25, 0.3) is 0 Å². The first kappa shape index (κ1) is 12.6. The van der Waals surface area contributed by atoms with Gasteiger partial charge < -0.3 is 9.84 Å². The summed E-state index contributed by atoms with van der Waals surface area (Å²) >= 11 is 0. The number of carboxylic acid groups (broad SMARTS) is 1. The predicted molar refractivity (Wildman–Crippen MR) is 61.7 cm³/mol. The second kappa shape index (κ2) is 4.41. The van der Waals surface area contributed by atoms with Crippen molar-refractivity contribution in [3.63, 3.8) is 0 Å². The average Bonchev–Trinajstić information content (AvgIpc) is 2.30. The molecule has 1 saturated heterocycles. The average molecular weight is 240 g/mol. The van der Waals surface area contributed by atoms with Gasteiger partial charge >= 0.3 is 5.97 Å². The number of ketones is 1. The van der Waals surface area contributed by atoms with Crippen molar-refractivity contribution in [3.05, 3.63) is 0 Å². The highest BCUT2D eigenvalue weighted by Gasteiger charge is 2.55. The number of hydrogen-bond acceptors (Lipinski definition) is 3. The van der Waals surface area contributed by atoms with Crippen LogP contribution in [0.4, 0.5) is 0 Å². The number of rotatable bonds is 2. The van der Waals surface area contributed by atoms with Crippen molar-refractivity contribution in [1.82, 2.24) is 0 Å². The summed E-state index contributed by atoms with van der Waals surface area (Å²) in [6.07, 6.45) is 3.40. The van der Waals surface area contributed by atoms with Gasteiger partial charge in [0.1, 0.15) is 5.78 Å². The zero-order chi connectivity index (χ0) is 12.5. The maximum absolute atomic E-state index is 11.7. The van der Waals surface area contributed by atoms with Crippen LogP contribution in [0.3, 0.4) is 0 Å². The fourth-order valence-corrected chi connectivity index (χ4v) is 3.33. The molecule has 2 aliphatic rings. The molecule has 1 heterocycles. The van der Waals surface area contributed by atoms with E-state index in [1.54, 1.807) is 0 Å². The van der Waals surface area contributed by atoms with Crippen LogP contribution in [0.15, 0.2) is 0 Å². The Morgan fingerprint density at radius 1 is 1.18 bits per heavy atom. The minimum absolute atomic E-state index is 0.206. The van der Waals surface area contributed by atoms with E-state index in [1.807, 2.05) is 0 Å². The Kier molecular flexibility index (Phi) is 3.25. The summed E-state index contributed by atoms with van der Waals surface area (Å²) in [5, 5.41) is 9.64. The van der Waals surface area contributed by atoms with Gasteiger partial charge in [0, 0.05) is 26.1 Å². The molecule has 0 radical (unpaired) electrons. The van der Waals surface area contributed by atoms with Crippen LogP contribution in [-0.4, -0.2) is 30.1 Å². The molecule has 4 nitrogen and oxygen atoms in total. The summed E-state index contributed by atoms with van der Waals surface area (Å²) in [6, 6.07) is 0. The van der Waals surface area contributed by atoms with E-state index in [1.165, 1.54) is 0 Å². The van der Waals surface area contributed by atoms with Crippen LogP contribution < -0.4 is 0 Å². The predicted octanol–water partition coefficient (Wildman–Crippen LogP) is 2.02. The van der Waals surface area contributed by atoms with Crippen molar-refractivity contribution in [2.75, 3.05) is 13.2 Å². The van der Waals surface area contributed by atoms with Crippen molar-refractivity contribution in [1.29, 1.82) is 0 Å². The lowest BCUT2D eigenvalue weighted by molar-refractivity contribution is -0.169. The van der Waals surface area contributed by atoms with Crippen LogP contribution in [0.2, 0.25) is 0 Å². The van der Waals surface area contributed by atoms with Gasteiger partial charge in [-0.25, -0.2) is 0 Å². The van der Waals surface area contributed by atoms with Gasteiger partial charge in [-0.1, -0.05) is 6.92 Å². The number of ether oxygens (including phenoxy) is 1.